The van der Waals surface area contributed by atoms with Crippen molar-refractivity contribution in [3.05, 3.63) is 65.8 Å². The van der Waals surface area contributed by atoms with E-state index < -0.39 is 0 Å². The smallest absolute Gasteiger partial charge is 0.251 e. The molecule has 3 aromatic rings. The molecule has 0 saturated carbocycles. The number of para-hydroxylation sites is 1. The minimum Gasteiger partial charge on any atom is -0.368 e. The first-order valence-electron chi connectivity index (χ1n) is 9.52. The van der Waals surface area contributed by atoms with E-state index >= 15 is 0 Å². The fourth-order valence-electron chi connectivity index (χ4n) is 3.47. The monoisotopic (exact) mass is 394 g/mol. The van der Waals surface area contributed by atoms with Crippen LogP contribution in [0.25, 0.3) is 0 Å². The Balaban J connectivity index is 1.48. The Bertz CT molecular complexity index is 912. The van der Waals surface area contributed by atoms with E-state index in [-0.39, 0.29) is 0 Å². The third kappa shape index (κ3) is 4.02. The number of aromatic nitrogens is 3. The number of nitrogens with zero attached hydrogens (tertiary/aromatic N) is 6. The molecule has 1 aliphatic rings. The summed E-state index contributed by atoms with van der Waals surface area (Å²) in [5, 5.41) is 9.25. The number of benzene rings is 2. The van der Waals surface area contributed by atoms with Crippen LogP contribution in [0.5, 0.6) is 0 Å². The molecule has 0 radical (unpaired) electrons. The summed E-state index contributed by atoms with van der Waals surface area (Å²) in [5.74, 6) is 1.49. The third-order valence-corrected chi connectivity index (χ3v) is 5.17. The lowest BCUT2D eigenvalue weighted by molar-refractivity contribution is 0.644. The molecular formula is C21H23ClN6. The molecule has 4 rings (SSSR count). The van der Waals surface area contributed by atoms with Crippen LogP contribution in [0.4, 0.5) is 23.1 Å². The predicted octanol–water partition coefficient (Wildman–Crippen LogP) is 4.01. The molecule has 1 saturated heterocycles. The molecule has 6 nitrogen and oxygen atoms in total. The van der Waals surface area contributed by atoms with Crippen LogP contribution in [-0.2, 0) is 0 Å². The number of halogens is 1. The Hall–Kier alpha value is -2.86. The van der Waals surface area contributed by atoms with Crippen molar-refractivity contribution in [2.75, 3.05) is 47.4 Å². The van der Waals surface area contributed by atoms with Crippen molar-refractivity contribution in [1.82, 2.24) is 15.2 Å². The molecule has 1 aliphatic heterocycles. The lowest BCUT2D eigenvalue weighted by Gasteiger charge is -2.36. The molecular weight excluding hydrogens is 372 g/mol. The zero-order valence-electron chi connectivity index (χ0n) is 15.9. The second-order valence-corrected chi connectivity index (χ2v) is 7.08. The highest BCUT2D eigenvalue weighted by Gasteiger charge is 2.20. The van der Waals surface area contributed by atoms with Gasteiger partial charge in [-0.2, -0.15) is 10.1 Å². The average molecular weight is 395 g/mol. The highest BCUT2D eigenvalue weighted by Crippen LogP contribution is 2.24. The topological polar surface area (TPSA) is 48.4 Å². The van der Waals surface area contributed by atoms with Crippen LogP contribution in [-0.4, -0.2) is 47.9 Å². The van der Waals surface area contributed by atoms with Crippen LogP contribution < -0.4 is 14.7 Å². The van der Waals surface area contributed by atoms with E-state index in [2.05, 4.69) is 50.0 Å². The first-order valence-corrected chi connectivity index (χ1v) is 9.90. The molecule has 0 N–H and O–H groups in total. The molecule has 0 atom stereocenters. The fraction of sp³-hybridized carbons (Fsp3) is 0.286. The first kappa shape index (κ1) is 18.5. The van der Waals surface area contributed by atoms with Gasteiger partial charge in [0, 0.05) is 49.1 Å². The Morgan fingerprint density at radius 3 is 2.43 bits per heavy atom. The third-order valence-electron chi connectivity index (χ3n) is 4.94. The summed E-state index contributed by atoms with van der Waals surface area (Å²) < 4.78 is 0. The highest BCUT2D eigenvalue weighted by atomic mass is 35.5. The van der Waals surface area contributed by atoms with Gasteiger partial charge in [0.25, 0.3) is 5.95 Å². The van der Waals surface area contributed by atoms with Crippen molar-refractivity contribution in [3.8, 4) is 0 Å². The van der Waals surface area contributed by atoms with Gasteiger partial charge in [0.1, 0.15) is 0 Å². The SMILES string of the molecule is CCN(c1ccccc1)c1nncc(N2CCN(c3cccc(Cl)c3)CC2)n1. The molecule has 144 valence electrons. The molecule has 0 aliphatic carbocycles. The maximum absolute atomic E-state index is 6.13. The Morgan fingerprint density at radius 2 is 1.71 bits per heavy atom. The zero-order chi connectivity index (χ0) is 19.3. The van der Waals surface area contributed by atoms with E-state index in [0.717, 1.165) is 54.9 Å². The van der Waals surface area contributed by atoms with Crippen molar-refractivity contribution in [1.29, 1.82) is 0 Å². The van der Waals surface area contributed by atoms with Gasteiger partial charge in [-0.1, -0.05) is 35.9 Å². The summed E-state index contributed by atoms with van der Waals surface area (Å²) in [6, 6.07) is 18.2. The van der Waals surface area contributed by atoms with Gasteiger partial charge in [-0.05, 0) is 37.3 Å². The van der Waals surface area contributed by atoms with Crippen molar-refractivity contribution in [3.63, 3.8) is 0 Å². The van der Waals surface area contributed by atoms with Gasteiger partial charge in [0.2, 0.25) is 0 Å². The molecule has 28 heavy (non-hydrogen) atoms. The molecule has 1 aromatic heterocycles. The molecule has 7 heteroatoms. The molecule has 0 bridgehead atoms. The molecule has 1 fully saturated rings. The Kier molecular flexibility index (Phi) is 5.58. The molecule has 0 amide bonds. The summed E-state index contributed by atoms with van der Waals surface area (Å²) in [5.41, 5.74) is 2.23. The quantitative estimate of drug-likeness (QED) is 0.651. The second-order valence-electron chi connectivity index (χ2n) is 6.65. The van der Waals surface area contributed by atoms with E-state index in [9.17, 15) is 0 Å². The predicted molar refractivity (Wildman–Crippen MR) is 115 cm³/mol. The zero-order valence-corrected chi connectivity index (χ0v) is 16.6. The minimum atomic E-state index is 0.628. The summed E-state index contributed by atoms with van der Waals surface area (Å²) in [6.07, 6.45) is 1.75. The van der Waals surface area contributed by atoms with Gasteiger partial charge in [0.15, 0.2) is 5.82 Å². The Morgan fingerprint density at radius 1 is 0.964 bits per heavy atom. The lowest BCUT2D eigenvalue weighted by atomic mass is 10.2. The van der Waals surface area contributed by atoms with E-state index in [0.29, 0.717) is 5.95 Å². The van der Waals surface area contributed by atoms with E-state index in [1.54, 1.807) is 6.20 Å². The van der Waals surface area contributed by atoms with Gasteiger partial charge >= 0.3 is 0 Å². The van der Waals surface area contributed by atoms with Crippen LogP contribution >= 0.6 is 11.6 Å². The van der Waals surface area contributed by atoms with E-state index in [4.69, 9.17) is 16.6 Å². The van der Waals surface area contributed by atoms with Gasteiger partial charge in [-0.15, -0.1) is 5.10 Å². The van der Waals surface area contributed by atoms with Crippen LogP contribution in [0.3, 0.4) is 0 Å². The van der Waals surface area contributed by atoms with Crippen LogP contribution in [0, 0.1) is 0 Å². The number of anilines is 4. The van der Waals surface area contributed by atoms with Crippen LogP contribution in [0.15, 0.2) is 60.8 Å². The number of piperazine rings is 1. The average Bonchev–Trinajstić information content (AvgIpc) is 2.75. The minimum absolute atomic E-state index is 0.628. The molecule has 2 aromatic carbocycles. The summed E-state index contributed by atoms with van der Waals surface area (Å²) in [7, 11) is 0. The number of rotatable bonds is 5. The van der Waals surface area contributed by atoms with Crippen molar-refractivity contribution in [2.24, 2.45) is 0 Å². The number of hydrogen-bond acceptors (Lipinski definition) is 6. The van der Waals surface area contributed by atoms with Crippen molar-refractivity contribution < 1.29 is 0 Å². The summed E-state index contributed by atoms with van der Waals surface area (Å²) >= 11 is 6.13. The standard InChI is InChI=1S/C21H23ClN6/c1-2-28(18-8-4-3-5-9-18)21-24-20(16-23-25-21)27-13-11-26(12-14-27)19-10-6-7-17(22)15-19/h3-10,15-16H,2,11-14H2,1H3. The van der Waals surface area contributed by atoms with Crippen LogP contribution in [0.1, 0.15) is 6.92 Å². The van der Waals surface area contributed by atoms with Gasteiger partial charge in [-0.3, -0.25) is 0 Å². The normalized spacial score (nSPS) is 14.2. The van der Waals surface area contributed by atoms with Gasteiger partial charge < -0.3 is 14.7 Å². The van der Waals surface area contributed by atoms with E-state index in [1.807, 2.05) is 36.4 Å². The summed E-state index contributed by atoms with van der Waals surface area (Å²) in [4.78, 5) is 11.5. The second kappa shape index (κ2) is 8.44. The summed E-state index contributed by atoms with van der Waals surface area (Å²) in [6.45, 7) is 6.44. The van der Waals surface area contributed by atoms with Gasteiger partial charge in [-0.25, -0.2) is 0 Å². The van der Waals surface area contributed by atoms with Crippen LogP contribution in [0.2, 0.25) is 5.02 Å². The number of hydrogen-bond donors (Lipinski definition) is 0. The van der Waals surface area contributed by atoms with E-state index in [1.165, 1.54) is 0 Å². The maximum atomic E-state index is 6.13. The lowest BCUT2D eigenvalue weighted by Crippen LogP contribution is -2.47. The maximum Gasteiger partial charge on any atom is 0.251 e. The molecule has 0 unspecified atom stereocenters. The fourth-order valence-corrected chi connectivity index (χ4v) is 3.65. The first-order chi connectivity index (χ1) is 13.7. The highest BCUT2D eigenvalue weighted by molar-refractivity contribution is 6.30. The molecule has 0 spiro atoms. The van der Waals surface area contributed by atoms with Gasteiger partial charge in [0.05, 0.1) is 6.20 Å². The van der Waals surface area contributed by atoms with Crippen molar-refractivity contribution in [2.45, 2.75) is 6.92 Å². The molecule has 2 heterocycles. The Labute approximate surface area is 170 Å². The van der Waals surface area contributed by atoms with Crippen molar-refractivity contribution >= 4 is 34.7 Å². The largest absolute Gasteiger partial charge is 0.368 e.